The molecule has 0 unspecified atom stereocenters. The monoisotopic (exact) mass is 466 g/mol. The number of pyridine rings is 1. The number of ketones is 1. The molecule has 1 heterocycles. The summed E-state index contributed by atoms with van der Waals surface area (Å²) in [4.78, 5) is 29.8. The van der Waals surface area contributed by atoms with Gasteiger partial charge in [-0.05, 0) is 67.2 Å². The molecule has 7 heteroatoms. The lowest BCUT2D eigenvalue weighted by atomic mass is 10.0. The molecule has 3 aromatic carbocycles. The van der Waals surface area contributed by atoms with E-state index in [2.05, 4.69) is 21.2 Å². The molecule has 0 spiro atoms. The van der Waals surface area contributed by atoms with Crippen molar-refractivity contribution in [1.82, 2.24) is 15.7 Å². The van der Waals surface area contributed by atoms with Gasteiger partial charge in [-0.25, -0.2) is 4.98 Å². The molecule has 0 atom stereocenters. The second-order valence-electron chi connectivity index (χ2n) is 7.53. The van der Waals surface area contributed by atoms with Crippen molar-refractivity contribution in [2.24, 2.45) is 0 Å². The summed E-state index contributed by atoms with van der Waals surface area (Å²) in [6.45, 7) is 1.49. The Balaban J connectivity index is 1.62. The van der Waals surface area contributed by atoms with Crippen molar-refractivity contribution in [3.8, 4) is 0 Å². The van der Waals surface area contributed by atoms with E-state index >= 15 is 0 Å². The van der Waals surface area contributed by atoms with Crippen LogP contribution in [-0.2, 0) is 0 Å². The summed E-state index contributed by atoms with van der Waals surface area (Å²) in [5, 5.41) is 3.37. The zero-order valence-corrected chi connectivity index (χ0v) is 19.2. The van der Waals surface area contributed by atoms with Gasteiger partial charge < -0.3 is 0 Å². The molecule has 0 fully saturated rings. The van der Waals surface area contributed by atoms with E-state index in [1.54, 1.807) is 24.3 Å². The number of benzene rings is 3. The number of thiocarbonyl (C=S) groups is 1. The zero-order chi connectivity index (χ0) is 23.9. The van der Waals surface area contributed by atoms with Crippen LogP contribution in [0.5, 0.6) is 0 Å². The summed E-state index contributed by atoms with van der Waals surface area (Å²) in [5.41, 5.74) is 9.64. The molecule has 0 saturated heterocycles. The molecule has 4 rings (SSSR count). The minimum absolute atomic E-state index is 0.0921. The van der Waals surface area contributed by atoms with Gasteiger partial charge in [0.05, 0.1) is 22.5 Å². The molecule has 6 nitrogen and oxygen atoms in total. The number of fused-ring (bicyclic) bond motifs is 1. The van der Waals surface area contributed by atoms with Crippen LogP contribution >= 0.6 is 12.2 Å². The lowest BCUT2D eigenvalue weighted by molar-refractivity contribution is 0.0975. The van der Waals surface area contributed by atoms with Crippen molar-refractivity contribution >= 4 is 57.8 Å². The Kier molecular flexibility index (Phi) is 7.05. The molecule has 168 valence electrons. The lowest BCUT2D eigenvalue weighted by Gasteiger charge is -2.13. The minimum Gasteiger partial charge on any atom is -0.299 e. The standard InChI is InChI=1S/C27H22N4O2S/c1-18(32)20-13-15-25-23(16-20)24(17-22(28-25)14-12-19-8-4-2-5-9-19)26(33)29-27(34)31-30-21-10-6-3-7-11-21/h2-17,30H,1H3,(H2,29,31,33,34)/b14-12+. The second kappa shape index (κ2) is 10.5. The highest BCUT2D eigenvalue weighted by molar-refractivity contribution is 7.80. The number of rotatable bonds is 6. The average molecular weight is 467 g/mol. The molecule has 0 aliphatic heterocycles. The number of anilines is 1. The quantitative estimate of drug-likeness (QED) is 0.205. The van der Waals surface area contributed by atoms with Gasteiger partial charge in [0, 0.05) is 10.9 Å². The molecule has 4 aromatic rings. The summed E-state index contributed by atoms with van der Waals surface area (Å²) < 4.78 is 0. The number of nitrogens with one attached hydrogen (secondary N) is 3. The molecule has 0 aliphatic rings. The molecule has 0 aliphatic carbocycles. The van der Waals surface area contributed by atoms with E-state index in [1.165, 1.54) is 6.92 Å². The van der Waals surface area contributed by atoms with E-state index in [4.69, 9.17) is 12.2 Å². The number of aromatic nitrogens is 1. The summed E-state index contributed by atoms with van der Waals surface area (Å²) in [7, 11) is 0. The third kappa shape index (κ3) is 5.70. The molecule has 1 amide bonds. The molecule has 0 radical (unpaired) electrons. The Morgan fingerprint density at radius 3 is 2.29 bits per heavy atom. The predicted molar refractivity (Wildman–Crippen MR) is 140 cm³/mol. The summed E-state index contributed by atoms with van der Waals surface area (Å²) in [5.74, 6) is -0.500. The van der Waals surface area contributed by atoms with Crippen molar-refractivity contribution < 1.29 is 9.59 Å². The van der Waals surface area contributed by atoms with Gasteiger partial charge in [0.1, 0.15) is 0 Å². The predicted octanol–water partition coefficient (Wildman–Crippen LogP) is 5.24. The van der Waals surface area contributed by atoms with Gasteiger partial charge in [0.2, 0.25) is 0 Å². The maximum absolute atomic E-state index is 13.2. The second-order valence-corrected chi connectivity index (χ2v) is 7.93. The van der Waals surface area contributed by atoms with Crippen molar-refractivity contribution in [3.05, 3.63) is 107 Å². The van der Waals surface area contributed by atoms with E-state index in [-0.39, 0.29) is 10.9 Å². The normalized spacial score (nSPS) is 10.7. The van der Waals surface area contributed by atoms with Gasteiger partial charge in [-0.2, -0.15) is 0 Å². The molecular weight excluding hydrogens is 444 g/mol. The van der Waals surface area contributed by atoms with Crippen molar-refractivity contribution in [2.75, 3.05) is 5.43 Å². The Morgan fingerprint density at radius 2 is 1.59 bits per heavy atom. The van der Waals surface area contributed by atoms with Gasteiger partial charge >= 0.3 is 0 Å². The smallest absolute Gasteiger partial charge is 0.258 e. The van der Waals surface area contributed by atoms with Gasteiger partial charge in [0.25, 0.3) is 5.91 Å². The van der Waals surface area contributed by atoms with E-state index in [1.807, 2.05) is 72.8 Å². The van der Waals surface area contributed by atoms with Crippen LogP contribution in [-0.4, -0.2) is 21.8 Å². The van der Waals surface area contributed by atoms with Gasteiger partial charge in [0.15, 0.2) is 10.9 Å². The molecule has 34 heavy (non-hydrogen) atoms. The van der Waals surface area contributed by atoms with Crippen LogP contribution in [0.4, 0.5) is 5.69 Å². The summed E-state index contributed by atoms with van der Waals surface area (Å²) in [6, 6.07) is 26.0. The number of hydrogen-bond acceptors (Lipinski definition) is 5. The molecular formula is C27H22N4O2S. The fraction of sp³-hybridized carbons (Fsp3) is 0.0370. The fourth-order valence-corrected chi connectivity index (χ4v) is 3.48. The van der Waals surface area contributed by atoms with Crippen LogP contribution < -0.4 is 16.2 Å². The van der Waals surface area contributed by atoms with Crippen LogP contribution in [0.2, 0.25) is 0 Å². The van der Waals surface area contributed by atoms with Crippen molar-refractivity contribution in [1.29, 1.82) is 0 Å². The van der Waals surface area contributed by atoms with Crippen LogP contribution in [0.15, 0.2) is 84.9 Å². The Bertz CT molecular complexity index is 1390. The van der Waals surface area contributed by atoms with Gasteiger partial charge in [-0.15, -0.1) is 0 Å². The lowest BCUT2D eigenvalue weighted by Crippen LogP contribution is -2.42. The third-order valence-corrected chi connectivity index (χ3v) is 5.25. The van der Waals surface area contributed by atoms with Crippen LogP contribution in [0.3, 0.4) is 0 Å². The van der Waals surface area contributed by atoms with Crippen molar-refractivity contribution in [3.63, 3.8) is 0 Å². The molecule has 0 bridgehead atoms. The molecule has 0 saturated carbocycles. The van der Waals surface area contributed by atoms with E-state index in [0.717, 1.165) is 11.3 Å². The Labute approximate surface area is 202 Å². The maximum atomic E-state index is 13.2. The third-order valence-electron chi connectivity index (χ3n) is 5.05. The van der Waals surface area contributed by atoms with Gasteiger partial charge in [-0.1, -0.05) is 54.6 Å². The number of carbonyl (C=O) groups excluding carboxylic acids is 2. The SMILES string of the molecule is CC(=O)c1ccc2nc(/C=C/c3ccccc3)cc(C(=O)NC(=S)NNc3ccccc3)c2c1. The minimum atomic E-state index is -0.408. The molecule has 1 aromatic heterocycles. The number of carbonyl (C=O) groups is 2. The summed E-state index contributed by atoms with van der Waals surface area (Å²) >= 11 is 5.28. The molecule has 3 N–H and O–H groups in total. The fourth-order valence-electron chi connectivity index (χ4n) is 3.34. The number of para-hydroxylation sites is 1. The van der Waals surface area contributed by atoms with E-state index in [9.17, 15) is 9.59 Å². The highest BCUT2D eigenvalue weighted by Gasteiger charge is 2.15. The zero-order valence-electron chi connectivity index (χ0n) is 18.4. The highest BCUT2D eigenvalue weighted by atomic mass is 32.1. The number of Topliss-reactive ketones (excluding diaryl/α,β-unsaturated/α-hetero) is 1. The van der Waals surface area contributed by atoms with Crippen LogP contribution in [0.25, 0.3) is 23.1 Å². The van der Waals surface area contributed by atoms with Crippen molar-refractivity contribution in [2.45, 2.75) is 6.92 Å². The first-order valence-electron chi connectivity index (χ1n) is 10.6. The maximum Gasteiger partial charge on any atom is 0.258 e. The number of nitrogens with zero attached hydrogens (tertiary/aromatic N) is 1. The van der Waals surface area contributed by atoms with E-state index in [0.29, 0.717) is 27.7 Å². The Hall–Kier alpha value is -4.36. The summed E-state index contributed by atoms with van der Waals surface area (Å²) in [6.07, 6.45) is 3.77. The first-order chi connectivity index (χ1) is 16.5. The van der Waals surface area contributed by atoms with E-state index < -0.39 is 5.91 Å². The largest absolute Gasteiger partial charge is 0.299 e. The van der Waals surface area contributed by atoms with Crippen LogP contribution in [0.1, 0.15) is 38.9 Å². The number of hydrogen-bond donors (Lipinski definition) is 3. The Morgan fingerprint density at radius 1 is 0.882 bits per heavy atom. The highest BCUT2D eigenvalue weighted by Crippen LogP contribution is 2.22. The first-order valence-corrected chi connectivity index (χ1v) is 11.0. The number of hydrazine groups is 1. The topological polar surface area (TPSA) is 83.1 Å². The van der Waals surface area contributed by atoms with Crippen LogP contribution in [0, 0.1) is 0 Å². The average Bonchev–Trinajstić information content (AvgIpc) is 2.86. The number of amides is 1. The van der Waals surface area contributed by atoms with Gasteiger partial charge in [-0.3, -0.25) is 25.8 Å². The first kappa shape index (κ1) is 22.8.